The molecule has 0 saturated carbocycles. The number of unbranched alkanes of at least 4 members (excludes halogenated alkanes) is 2. The molecular formula is C12H25NO2. The molecule has 0 rings (SSSR count). The number of carbonyl (C=O) groups is 1. The monoisotopic (exact) mass is 215 g/mol. The molecule has 0 bridgehead atoms. The summed E-state index contributed by atoms with van der Waals surface area (Å²) in [7, 11) is 0. The van der Waals surface area contributed by atoms with Crippen LogP contribution in [0.25, 0.3) is 0 Å². The Bertz CT molecular complexity index is 194. The highest BCUT2D eigenvalue weighted by atomic mass is 16.3. The molecule has 0 aliphatic rings. The maximum atomic E-state index is 11.9. The van der Waals surface area contributed by atoms with Crippen LogP contribution in [0.15, 0.2) is 0 Å². The van der Waals surface area contributed by atoms with Gasteiger partial charge in [-0.1, -0.05) is 19.8 Å². The van der Waals surface area contributed by atoms with Gasteiger partial charge in [-0.05, 0) is 34.1 Å². The number of carbonyl (C=O) groups excluding carboxylic acids is 1. The van der Waals surface area contributed by atoms with Crippen molar-refractivity contribution in [1.29, 1.82) is 0 Å². The second kappa shape index (κ2) is 6.11. The van der Waals surface area contributed by atoms with E-state index < -0.39 is 5.60 Å². The van der Waals surface area contributed by atoms with Crippen molar-refractivity contribution in [3.63, 3.8) is 0 Å². The zero-order chi connectivity index (χ0) is 12.1. The van der Waals surface area contributed by atoms with Gasteiger partial charge < -0.3 is 10.0 Å². The first-order valence-electron chi connectivity index (χ1n) is 5.84. The average molecular weight is 215 g/mol. The Morgan fingerprint density at radius 1 is 1.33 bits per heavy atom. The summed E-state index contributed by atoms with van der Waals surface area (Å²) in [6.07, 6.45) is 3.28. The van der Waals surface area contributed by atoms with E-state index in [0.717, 1.165) is 25.8 Å². The van der Waals surface area contributed by atoms with Crippen molar-refractivity contribution in [2.24, 2.45) is 0 Å². The summed E-state index contributed by atoms with van der Waals surface area (Å²) in [4.78, 5) is 13.6. The Morgan fingerprint density at radius 3 is 2.20 bits per heavy atom. The highest BCUT2D eigenvalue weighted by Gasteiger charge is 2.30. The molecule has 15 heavy (non-hydrogen) atoms. The van der Waals surface area contributed by atoms with Gasteiger partial charge in [0.2, 0.25) is 0 Å². The Labute approximate surface area is 93.5 Å². The summed E-state index contributed by atoms with van der Waals surface area (Å²) in [6.45, 7) is 9.94. The molecule has 0 aromatic rings. The summed E-state index contributed by atoms with van der Waals surface area (Å²) >= 11 is 0. The van der Waals surface area contributed by atoms with Gasteiger partial charge in [-0.2, -0.15) is 0 Å². The third-order valence-corrected chi connectivity index (χ3v) is 2.41. The summed E-state index contributed by atoms with van der Waals surface area (Å²) in [6, 6.07) is 0.154. The third kappa shape index (κ3) is 5.17. The number of nitrogens with zero attached hydrogens (tertiary/aromatic N) is 1. The molecule has 0 aliphatic heterocycles. The highest BCUT2D eigenvalue weighted by molar-refractivity contribution is 5.84. The molecule has 0 radical (unpaired) electrons. The third-order valence-electron chi connectivity index (χ3n) is 2.41. The van der Waals surface area contributed by atoms with E-state index in [2.05, 4.69) is 6.92 Å². The molecule has 0 aromatic heterocycles. The Morgan fingerprint density at radius 2 is 1.87 bits per heavy atom. The van der Waals surface area contributed by atoms with Crippen LogP contribution in [-0.4, -0.2) is 34.1 Å². The molecule has 1 amide bonds. The van der Waals surface area contributed by atoms with Crippen molar-refractivity contribution in [1.82, 2.24) is 4.90 Å². The number of amides is 1. The summed E-state index contributed by atoms with van der Waals surface area (Å²) in [5, 5.41) is 9.67. The molecule has 0 heterocycles. The van der Waals surface area contributed by atoms with Gasteiger partial charge >= 0.3 is 0 Å². The smallest absolute Gasteiger partial charge is 0.254 e. The van der Waals surface area contributed by atoms with Gasteiger partial charge in [-0.25, -0.2) is 0 Å². The maximum Gasteiger partial charge on any atom is 0.254 e. The first-order valence-corrected chi connectivity index (χ1v) is 5.84. The topological polar surface area (TPSA) is 40.5 Å². The van der Waals surface area contributed by atoms with E-state index in [1.165, 1.54) is 0 Å². The van der Waals surface area contributed by atoms with Crippen LogP contribution in [0.2, 0.25) is 0 Å². The fourth-order valence-electron chi connectivity index (χ4n) is 1.48. The molecule has 0 spiro atoms. The number of hydrogen-bond acceptors (Lipinski definition) is 2. The molecule has 90 valence electrons. The van der Waals surface area contributed by atoms with Crippen LogP contribution in [0.1, 0.15) is 53.9 Å². The zero-order valence-corrected chi connectivity index (χ0v) is 10.7. The van der Waals surface area contributed by atoms with Crippen molar-refractivity contribution in [2.45, 2.75) is 65.5 Å². The molecule has 0 aliphatic carbocycles. The SMILES string of the molecule is CCCCCN(C(=O)C(C)(C)O)C(C)C. The summed E-state index contributed by atoms with van der Waals surface area (Å²) in [5.74, 6) is -0.173. The standard InChI is InChI=1S/C12H25NO2/c1-6-7-8-9-13(10(2)3)11(14)12(4,5)15/h10,15H,6-9H2,1-5H3. The summed E-state index contributed by atoms with van der Waals surface area (Å²) in [5.41, 5.74) is -1.25. The minimum absolute atomic E-state index is 0.154. The molecular weight excluding hydrogens is 190 g/mol. The van der Waals surface area contributed by atoms with Gasteiger partial charge in [0, 0.05) is 12.6 Å². The number of aliphatic hydroxyl groups is 1. The second-order valence-electron chi connectivity index (χ2n) is 4.86. The van der Waals surface area contributed by atoms with Crippen LogP contribution < -0.4 is 0 Å². The zero-order valence-electron chi connectivity index (χ0n) is 10.7. The van der Waals surface area contributed by atoms with Crippen LogP contribution in [0, 0.1) is 0 Å². The first-order chi connectivity index (χ1) is 6.80. The van der Waals surface area contributed by atoms with Crippen molar-refractivity contribution >= 4 is 5.91 Å². The number of rotatable bonds is 6. The molecule has 3 heteroatoms. The lowest BCUT2D eigenvalue weighted by molar-refractivity contribution is -0.149. The normalized spacial score (nSPS) is 11.9. The van der Waals surface area contributed by atoms with Gasteiger partial charge in [-0.15, -0.1) is 0 Å². The van der Waals surface area contributed by atoms with Crippen molar-refractivity contribution in [3.8, 4) is 0 Å². The molecule has 0 aromatic carbocycles. The molecule has 3 nitrogen and oxygen atoms in total. The molecule has 0 unspecified atom stereocenters. The minimum Gasteiger partial charge on any atom is -0.381 e. The van der Waals surface area contributed by atoms with E-state index in [1.807, 2.05) is 13.8 Å². The predicted molar refractivity (Wildman–Crippen MR) is 62.7 cm³/mol. The fourth-order valence-corrected chi connectivity index (χ4v) is 1.48. The van der Waals surface area contributed by atoms with E-state index in [-0.39, 0.29) is 11.9 Å². The van der Waals surface area contributed by atoms with Gasteiger partial charge in [0.1, 0.15) is 5.60 Å². The van der Waals surface area contributed by atoms with E-state index in [4.69, 9.17) is 0 Å². The van der Waals surface area contributed by atoms with E-state index in [1.54, 1.807) is 18.7 Å². The van der Waals surface area contributed by atoms with Gasteiger partial charge in [0.15, 0.2) is 0 Å². The Balaban J connectivity index is 4.33. The lowest BCUT2D eigenvalue weighted by atomic mass is 10.1. The van der Waals surface area contributed by atoms with Crippen LogP contribution >= 0.6 is 0 Å². The fraction of sp³-hybridized carbons (Fsp3) is 0.917. The molecule has 0 fully saturated rings. The van der Waals surface area contributed by atoms with E-state index >= 15 is 0 Å². The average Bonchev–Trinajstić information content (AvgIpc) is 2.09. The quantitative estimate of drug-likeness (QED) is 0.690. The van der Waals surface area contributed by atoms with Crippen LogP contribution in [0.5, 0.6) is 0 Å². The van der Waals surface area contributed by atoms with Gasteiger partial charge in [0.05, 0.1) is 0 Å². The summed E-state index contributed by atoms with van der Waals surface area (Å²) < 4.78 is 0. The second-order valence-corrected chi connectivity index (χ2v) is 4.86. The Kier molecular flexibility index (Phi) is 5.88. The van der Waals surface area contributed by atoms with E-state index in [9.17, 15) is 9.90 Å². The first kappa shape index (κ1) is 14.4. The van der Waals surface area contributed by atoms with Crippen LogP contribution in [0.3, 0.4) is 0 Å². The van der Waals surface area contributed by atoms with Crippen molar-refractivity contribution in [2.75, 3.05) is 6.54 Å². The molecule has 0 atom stereocenters. The van der Waals surface area contributed by atoms with Crippen molar-refractivity contribution in [3.05, 3.63) is 0 Å². The van der Waals surface area contributed by atoms with Gasteiger partial charge in [-0.3, -0.25) is 4.79 Å². The Hall–Kier alpha value is -0.570. The predicted octanol–water partition coefficient (Wildman–Crippen LogP) is 2.18. The van der Waals surface area contributed by atoms with Crippen LogP contribution in [0.4, 0.5) is 0 Å². The largest absolute Gasteiger partial charge is 0.381 e. The van der Waals surface area contributed by atoms with Gasteiger partial charge in [0.25, 0.3) is 5.91 Å². The minimum atomic E-state index is -1.25. The number of hydrogen-bond donors (Lipinski definition) is 1. The lowest BCUT2D eigenvalue weighted by Crippen LogP contribution is -2.48. The maximum absolute atomic E-state index is 11.9. The van der Waals surface area contributed by atoms with E-state index in [0.29, 0.717) is 0 Å². The van der Waals surface area contributed by atoms with Crippen molar-refractivity contribution < 1.29 is 9.90 Å². The lowest BCUT2D eigenvalue weighted by Gasteiger charge is -2.31. The molecule has 0 saturated heterocycles. The van der Waals surface area contributed by atoms with Crippen LogP contribution in [-0.2, 0) is 4.79 Å². The highest BCUT2D eigenvalue weighted by Crippen LogP contribution is 2.12. The molecule has 1 N–H and O–H groups in total.